The number of hydrogen-bond acceptors (Lipinski definition) is 3. The molecule has 2 saturated carbocycles. The minimum Gasteiger partial charge on any atom is -0.462 e. The molecule has 0 aromatic carbocycles. The maximum Gasteiger partial charge on any atom is 0.302 e. The fourth-order valence-electron chi connectivity index (χ4n) is 9.75. The third kappa shape index (κ3) is 4.06. The van der Waals surface area contributed by atoms with Crippen LogP contribution < -0.4 is 0 Å². The predicted molar refractivity (Wildman–Crippen MR) is 143 cm³/mol. The fourth-order valence-corrected chi connectivity index (χ4v) is 9.75. The molecule has 0 bridgehead atoms. The minimum atomic E-state index is -0.200. The van der Waals surface area contributed by atoms with Gasteiger partial charge < -0.3 is 4.74 Å². The monoisotopic (exact) mass is 484 g/mol. The lowest BCUT2D eigenvalue weighted by Gasteiger charge is -2.61. The Hall–Kier alpha value is -1.12. The largest absolute Gasteiger partial charge is 0.462 e. The first-order chi connectivity index (χ1) is 16.2. The molecule has 0 saturated heterocycles. The van der Waals surface area contributed by atoms with E-state index in [0.29, 0.717) is 18.1 Å². The molecule has 0 aromatic heterocycles. The second-order valence-corrected chi connectivity index (χ2v) is 14.6. The molecule has 7 atom stereocenters. The van der Waals surface area contributed by atoms with Crippen LogP contribution in [0.5, 0.6) is 0 Å². The summed E-state index contributed by atoms with van der Waals surface area (Å²) in [6, 6.07) is 0. The van der Waals surface area contributed by atoms with E-state index in [1.807, 2.05) is 0 Å². The standard InChI is InChI=1S/C32H52O3/c1-20(2)11-10-12-21(3)23-13-18-32(9)28-24(14-17-31(23,32)8)30(7)16-15-27(35-22(4)33)29(5,6)26(30)19-25(28)34/h20-21,23,26-27H,10-19H2,1-9H3/t21-,23-,26?,27+,30-,31-,32+/m1/s1. The Kier molecular flexibility index (Phi) is 6.94. The first kappa shape index (κ1) is 26.9. The average molecular weight is 485 g/mol. The number of carbonyl (C=O) groups excluding carboxylic acids is 2. The number of rotatable bonds is 6. The number of hydrogen-bond donors (Lipinski definition) is 0. The van der Waals surface area contributed by atoms with Crippen molar-refractivity contribution in [2.45, 2.75) is 133 Å². The number of ether oxygens (including phenoxy) is 1. The van der Waals surface area contributed by atoms with Gasteiger partial charge in [0.15, 0.2) is 5.78 Å². The van der Waals surface area contributed by atoms with E-state index in [-0.39, 0.29) is 39.7 Å². The van der Waals surface area contributed by atoms with Gasteiger partial charge in [-0.25, -0.2) is 0 Å². The molecule has 0 N–H and O–H groups in total. The zero-order valence-corrected chi connectivity index (χ0v) is 24.2. The highest BCUT2D eigenvalue weighted by molar-refractivity contribution is 5.99. The van der Waals surface area contributed by atoms with Crippen molar-refractivity contribution < 1.29 is 14.3 Å². The lowest BCUT2D eigenvalue weighted by atomic mass is 9.43. The van der Waals surface area contributed by atoms with Gasteiger partial charge in [-0.2, -0.15) is 0 Å². The SMILES string of the molecule is CC(=O)O[C@H]1CC[C@]2(C)C3=C(C(=O)CC2C1(C)C)[C@]1(C)CC[C@H]([C@H](C)CCCC(C)C)[C@@]1(C)CC3. The molecule has 1 unspecified atom stereocenters. The summed E-state index contributed by atoms with van der Waals surface area (Å²) in [7, 11) is 0. The van der Waals surface area contributed by atoms with E-state index in [1.54, 1.807) is 0 Å². The lowest BCUT2D eigenvalue weighted by Crippen LogP contribution is -2.57. The molecule has 0 radical (unpaired) electrons. The minimum absolute atomic E-state index is 0.000499. The molecule has 198 valence electrons. The van der Waals surface area contributed by atoms with Crippen LogP contribution in [0.3, 0.4) is 0 Å². The van der Waals surface area contributed by atoms with Crippen molar-refractivity contribution in [2.75, 3.05) is 0 Å². The maximum atomic E-state index is 14.1. The van der Waals surface area contributed by atoms with E-state index < -0.39 is 0 Å². The van der Waals surface area contributed by atoms with E-state index in [2.05, 4.69) is 55.4 Å². The van der Waals surface area contributed by atoms with Crippen molar-refractivity contribution >= 4 is 11.8 Å². The number of fused-ring (bicyclic) bond motifs is 4. The normalized spacial score (nSPS) is 41.3. The Morgan fingerprint density at radius 1 is 1.00 bits per heavy atom. The smallest absolute Gasteiger partial charge is 0.302 e. The molecule has 4 aliphatic carbocycles. The molecular formula is C32H52O3. The Labute approximate surface area is 215 Å². The summed E-state index contributed by atoms with van der Waals surface area (Å²) < 4.78 is 5.80. The Morgan fingerprint density at radius 2 is 1.69 bits per heavy atom. The van der Waals surface area contributed by atoms with Gasteiger partial charge >= 0.3 is 5.97 Å². The van der Waals surface area contributed by atoms with Gasteiger partial charge in [0.25, 0.3) is 0 Å². The van der Waals surface area contributed by atoms with Crippen LogP contribution in [-0.4, -0.2) is 17.9 Å². The predicted octanol–water partition coefficient (Wildman–Crippen LogP) is 8.31. The number of esters is 1. The molecule has 0 aromatic rings. The summed E-state index contributed by atoms with van der Waals surface area (Å²) in [5.41, 5.74) is 2.78. The molecule has 4 aliphatic rings. The third-order valence-corrected chi connectivity index (χ3v) is 12.0. The van der Waals surface area contributed by atoms with Crippen LogP contribution in [0.4, 0.5) is 0 Å². The van der Waals surface area contributed by atoms with E-state index in [0.717, 1.165) is 37.5 Å². The summed E-state index contributed by atoms with van der Waals surface area (Å²) in [5.74, 6) is 2.66. The van der Waals surface area contributed by atoms with Crippen molar-refractivity contribution in [3.05, 3.63) is 11.1 Å². The van der Waals surface area contributed by atoms with Crippen LogP contribution in [0.25, 0.3) is 0 Å². The molecule has 3 heteroatoms. The molecule has 0 heterocycles. The summed E-state index contributed by atoms with van der Waals surface area (Å²) in [5, 5.41) is 0. The Balaban J connectivity index is 1.66. The van der Waals surface area contributed by atoms with Crippen LogP contribution >= 0.6 is 0 Å². The van der Waals surface area contributed by atoms with Crippen LogP contribution in [0.1, 0.15) is 127 Å². The molecule has 2 fully saturated rings. The van der Waals surface area contributed by atoms with Crippen LogP contribution in [0, 0.1) is 45.3 Å². The first-order valence-electron chi connectivity index (χ1n) is 14.6. The number of Topliss-reactive ketones (excluding diaryl/α,β-unsaturated/α-hetero) is 1. The molecule has 4 rings (SSSR count). The fraction of sp³-hybridized carbons (Fsp3) is 0.875. The van der Waals surface area contributed by atoms with E-state index in [9.17, 15) is 9.59 Å². The maximum absolute atomic E-state index is 14.1. The zero-order chi connectivity index (χ0) is 26.0. The summed E-state index contributed by atoms with van der Waals surface area (Å²) in [6.07, 6.45) is 11.1. The molecular weight excluding hydrogens is 432 g/mol. The second-order valence-electron chi connectivity index (χ2n) is 14.6. The topological polar surface area (TPSA) is 43.4 Å². The highest BCUT2D eigenvalue weighted by Gasteiger charge is 2.65. The molecule has 0 amide bonds. The van der Waals surface area contributed by atoms with Crippen molar-refractivity contribution in [3.63, 3.8) is 0 Å². The molecule has 3 nitrogen and oxygen atoms in total. The van der Waals surface area contributed by atoms with Crippen molar-refractivity contribution in [3.8, 4) is 0 Å². The van der Waals surface area contributed by atoms with Crippen LogP contribution in [0.2, 0.25) is 0 Å². The Bertz CT molecular complexity index is 896. The van der Waals surface area contributed by atoms with E-state index >= 15 is 0 Å². The molecule has 35 heavy (non-hydrogen) atoms. The Morgan fingerprint density at radius 3 is 2.31 bits per heavy atom. The van der Waals surface area contributed by atoms with Gasteiger partial charge in [-0.05, 0) is 73.0 Å². The number of allylic oxidation sites excluding steroid dienone is 2. The molecule has 0 aliphatic heterocycles. The van der Waals surface area contributed by atoms with Gasteiger partial charge in [0.2, 0.25) is 0 Å². The van der Waals surface area contributed by atoms with Gasteiger partial charge in [0.05, 0.1) is 0 Å². The second kappa shape index (κ2) is 9.02. The quantitative estimate of drug-likeness (QED) is 0.356. The highest BCUT2D eigenvalue weighted by atomic mass is 16.5. The zero-order valence-electron chi connectivity index (χ0n) is 24.2. The summed E-state index contributed by atoms with van der Waals surface area (Å²) >= 11 is 0. The van der Waals surface area contributed by atoms with Crippen LogP contribution in [0.15, 0.2) is 11.1 Å². The van der Waals surface area contributed by atoms with Gasteiger partial charge in [0, 0.05) is 29.7 Å². The van der Waals surface area contributed by atoms with Crippen molar-refractivity contribution in [2.24, 2.45) is 45.3 Å². The van der Waals surface area contributed by atoms with Crippen LogP contribution in [-0.2, 0) is 14.3 Å². The number of ketones is 1. The van der Waals surface area contributed by atoms with Gasteiger partial charge in [0.1, 0.15) is 6.10 Å². The molecule has 0 spiro atoms. The third-order valence-electron chi connectivity index (χ3n) is 12.0. The summed E-state index contributed by atoms with van der Waals surface area (Å²) in [4.78, 5) is 25.9. The highest BCUT2D eigenvalue weighted by Crippen LogP contribution is 2.72. The van der Waals surface area contributed by atoms with E-state index in [4.69, 9.17) is 4.74 Å². The van der Waals surface area contributed by atoms with E-state index in [1.165, 1.54) is 50.2 Å². The average Bonchev–Trinajstić information content (AvgIpc) is 3.02. The van der Waals surface area contributed by atoms with Gasteiger partial charge in [-0.15, -0.1) is 0 Å². The van der Waals surface area contributed by atoms with Crippen molar-refractivity contribution in [1.82, 2.24) is 0 Å². The number of carbonyl (C=O) groups is 2. The summed E-state index contributed by atoms with van der Waals surface area (Å²) in [6.45, 7) is 20.6. The van der Waals surface area contributed by atoms with Gasteiger partial charge in [-0.3, -0.25) is 9.59 Å². The van der Waals surface area contributed by atoms with Gasteiger partial charge in [-0.1, -0.05) is 80.2 Å². The van der Waals surface area contributed by atoms with Crippen molar-refractivity contribution in [1.29, 1.82) is 0 Å². The lowest BCUT2D eigenvalue weighted by molar-refractivity contribution is -0.168. The first-order valence-corrected chi connectivity index (χ1v) is 14.6.